The maximum absolute atomic E-state index is 12.3. The lowest BCUT2D eigenvalue weighted by Gasteiger charge is -2.22. The number of aromatic nitrogens is 1. The maximum Gasteiger partial charge on any atom is 0.308 e. The van der Waals surface area contributed by atoms with Crippen LogP contribution in [0.15, 0.2) is 0 Å². The molecular formula is C12H18N2O3S. The number of carbonyl (C=O) groups is 2. The molecule has 0 saturated carbocycles. The molecule has 1 atom stereocenters. The van der Waals surface area contributed by atoms with Gasteiger partial charge in [0, 0.05) is 13.1 Å². The Kier molecular flexibility index (Phi) is 4.84. The minimum atomic E-state index is -0.890. The van der Waals surface area contributed by atoms with Gasteiger partial charge >= 0.3 is 5.97 Å². The highest BCUT2D eigenvalue weighted by molar-refractivity contribution is 7.13. The quantitative estimate of drug-likeness (QED) is 0.887. The molecule has 0 spiro atoms. The second-order valence-electron chi connectivity index (χ2n) is 4.23. The first-order valence-electron chi connectivity index (χ1n) is 5.82. The van der Waals surface area contributed by atoms with E-state index in [9.17, 15) is 9.59 Å². The van der Waals surface area contributed by atoms with Crippen LogP contribution in [0.2, 0.25) is 0 Å². The molecule has 0 saturated heterocycles. The molecule has 0 fully saturated rings. The molecule has 0 bridgehead atoms. The normalized spacial score (nSPS) is 12.2. The summed E-state index contributed by atoms with van der Waals surface area (Å²) in [4.78, 5) is 29.5. The van der Waals surface area contributed by atoms with Gasteiger partial charge in [-0.15, -0.1) is 11.3 Å². The van der Waals surface area contributed by atoms with E-state index in [-0.39, 0.29) is 12.5 Å². The summed E-state index contributed by atoms with van der Waals surface area (Å²) in [5.74, 6) is -1.59. The molecule has 1 aromatic rings. The van der Waals surface area contributed by atoms with Gasteiger partial charge in [-0.25, -0.2) is 4.98 Å². The molecule has 5 nitrogen and oxygen atoms in total. The van der Waals surface area contributed by atoms with Gasteiger partial charge in [0.2, 0.25) is 0 Å². The Morgan fingerprint density at radius 2 is 2.06 bits per heavy atom. The fourth-order valence-electron chi connectivity index (χ4n) is 1.64. The molecule has 1 unspecified atom stereocenters. The van der Waals surface area contributed by atoms with Crippen molar-refractivity contribution in [2.75, 3.05) is 13.1 Å². The number of rotatable bonds is 5. The number of carboxylic acids is 1. The Bertz CT molecular complexity index is 456. The number of hydrogen-bond acceptors (Lipinski definition) is 4. The number of amides is 1. The molecule has 0 aliphatic carbocycles. The van der Waals surface area contributed by atoms with Crippen molar-refractivity contribution in [3.63, 3.8) is 0 Å². The SMILES string of the molecule is CCN(CC(C)C(=O)O)C(=O)c1sc(C)nc1C. The van der Waals surface area contributed by atoms with E-state index in [2.05, 4.69) is 4.98 Å². The smallest absolute Gasteiger partial charge is 0.308 e. The lowest BCUT2D eigenvalue weighted by Crippen LogP contribution is -2.36. The van der Waals surface area contributed by atoms with Crippen molar-refractivity contribution in [3.05, 3.63) is 15.6 Å². The van der Waals surface area contributed by atoms with Crippen molar-refractivity contribution in [2.24, 2.45) is 5.92 Å². The molecule has 0 aliphatic rings. The van der Waals surface area contributed by atoms with Gasteiger partial charge in [-0.3, -0.25) is 9.59 Å². The molecular weight excluding hydrogens is 252 g/mol. The average Bonchev–Trinajstić information content (AvgIpc) is 2.63. The van der Waals surface area contributed by atoms with Crippen LogP contribution in [0.25, 0.3) is 0 Å². The molecule has 6 heteroatoms. The largest absolute Gasteiger partial charge is 0.481 e. The minimum absolute atomic E-state index is 0.131. The third-order valence-electron chi connectivity index (χ3n) is 2.68. The molecule has 1 aromatic heterocycles. The van der Waals surface area contributed by atoms with E-state index in [1.165, 1.54) is 11.3 Å². The van der Waals surface area contributed by atoms with Crippen LogP contribution in [0, 0.1) is 19.8 Å². The number of carboxylic acid groups (broad SMARTS) is 1. The van der Waals surface area contributed by atoms with Crippen LogP contribution < -0.4 is 0 Å². The molecule has 1 heterocycles. The van der Waals surface area contributed by atoms with E-state index in [4.69, 9.17) is 5.11 Å². The van der Waals surface area contributed by atoms with Gasteiger partial charge in [-0.05, 0) is 20.8 Å². The Morgan fingerprint density at radius 3 is 2.44 bits per heavy atom. The van der Waals surface area contributed by atoms with Gasteiger partial charge < -0.3 is 10.0 Å². The van der Waals surface area contributed by atoms with Gasteiger partial charge in [0.25, 0.3) is 5.91 Å². The van der Waals surface area contributed by atoms with Crippen LogP contribution in [0.3, 0.4) is 0 Å². The number of thiazole rings is 1. The summed E-state index contributed by atoms with van der Waals surface area (Å²) in [5.41, 5.74) is 0.712. The van der Waals surface area contributed by atoms with Crippen LogP contribution in [-0.4, -0.2) is 40.0 Å². The summed E-state index contributed by atoms with van der Waals surface area (Å²) >= 11 is 1.35. The third-order valence-corrected chi connectivity index (χ3v) is 3.74. The fraction of sp³-hybridized carbons (Fsp3) is 0.583. The second kappa shape index (κ2) is 5.95. The van der Waals surface area contributed by atoms with E-state index < -0.39 is 11.9 Å². The molecule has 100 valence electrons. The first kappa shape index (κ1) is 14.6. The lowest BCUT2D eigenvalue weighted by atomic mass is 10.1. The Balaban J connectivity index is 2.86. The number of carbonyl (C=O) groups excluding carboxylic acids is 1. The first-order chi connectivity index (χ1) is 8.36. The highest BCUT2D eigenvalue weighted by atomic mass is 32.1. The highest BCUT2D eigenvalue weighted by Gasteiger charge is 2.23. The van der Waals surface area contributed by atoms with Crippen LogP contribution in [0.4, 0.5) is 0 Å². The van der Waals surface area contributed by atoms with Gasteiger partial charge in [0.15, 0.2) is 0 Å². The standard InChI is InChI=1S/C12H18N2O3S/c1-5-14(6-7(2)12(16)17)11(15)10-8(3)13-9(4)18-10/h7H,5-6H2,1-4H3,(H,16,17). The Labute approximate surface area is 110 Å². The van der Waals surface area contributed by atoms with E-state index in [0.29, 0.717) is 17.1 Å². The summed E-state index contributed by atoms with van der Waals surface area (Å²) in [6.07, 6.45) is 0. The summed E-state index contributed by atoms with van der Waals surface area (Å²) in [5, 5.41) is 9.74. The van der Waals surface area contributed by atoms with Crippen LogP contribution in [0.5, 0.6) is 0 Å². The fourth-order valence-corrected chi connectivity index (χ4v) is 2.53. The number of aliphatic carboxylic acids is 1. The number of hydrogen-bond donors (Lipinski definition) is 1. The minimum Gasteiger partial charge on any atom is -0.481 e. The monoisotopic (exact) mass is 270 g/mol. The summed E-state index contributed by atoms with van der Waals surface area (Å²) in [6, 6.07) is 0. The number of aryl methyl sites for hydroxylation is 2. The summed E-state index contributed by atoms with van der Waals surface area (Å²) < 4.78 is 0. The van der Waals surface area contributed by atoms with Gasteiger partial charge in [-0.2, -0.15) is 0 Å². The molecule has 18 heavy (non-hydrogen) atoms. The summed E-state index contributed by atoms with van der Waals surface area (Å²) in [6.45, 7) is 7.81. The lowest BCUT2D eigenvalue weighted by molar-refractivity contribution is -0.141. The summed E-state index contributed by atoms with van der Waals surface area (Å²) in [7, 11) is 0. The van der Waals surface area contributed by atoms with E-state index in [1.54, 1.807) is 18.7 Å². The highest BCUT2D eigenvalue weighted by Crippen LogP contribution is 2.19. The van der Waals surface area contributed by atoms with Gasteiger partial charge in [-0.1, -0.05) is 6.92 Å². The van der Waals surface area contributed by atoms with Crippen molar-refractivity contribution in [1.82, 2.24) is 9.88 Å². The molecule has 1 amide bonds. The molecule has 1 rings (SSSR count). The topological polar surface area (TPSA) is 70.5 Å². The van der Waals surface area contributed by atoms with Crippen LogP contribution in [0.1, 0.15) is 34.2 Å². The average molecular weight is 270 g/mol. The van der Waals surface area contributed by atoms with Gasteiger partial charge in [0.05, 0.1) is 16.6 Å². The number of nitrogens with zero attached hydrogens (tertiary/aromatic N) is 2. The first-order valence-corrected chi connectivity index (χ1v) is 6.64. The zero-order valence-corrected chi connectivity index (χ0v) is 11.9. The van der Waals surface area contributed by atoms with Crippen LogP contribution in [-0.2, 0) is 4.79 Å². The second-order valence-corrected chi connectivity index (χ2v) is 5.43. The molecule has 0 radical (unpaired) electrons. The predicted octanol–water partition coefficient (Wildman–Crippen LogP) is 1.94. The van der Waals surface area contributed by atoms with Crippen molar-refractivity contribution in [1.29, 1.82) is 0 Å². The van der Waals surface area contributed by atoms with Crippen molar-refractivity contribution >= 4 is 23.2 Å². The molecule has 0 aromatic carbocycles. The zero-order valence-electron chi connectivity index (χ0n) is 11.1. The van der Waals surface area contributed by atoms with Crippen molar-refractivity contribution < 1.29 is 14.7 Å². The predicted molar refractivity (Wildman–Crippen MR) is 70.0 cm³/mol. The maximum atomic E-state index is 12.3. The molecule has 0 aliphatic heterocycles. The Morgan fingerprint density at radius 1 is 1.44 bits per heavy atom. The third kappa shape index (κ3) is 3.29. The molecule has 1 N–H and O–H groups in total. The van der Waals surface area contributed by atoms with E-state index in [1.807, 2.05) is 13.8 Å². The van der Waals surface area contributed by atoms with E-state index >= 15 is 0 Å². The zero-order chi connectivity index (χ0) is 13.9. The van der Waals surface area contributed by atoms with E-state index in [0.717, 1.165) is 5.01 Å². The van der Waals surface area contributed by atoms with Gasteiger partial charge in [0.1, 0.15) is 4.88 Å². The van der Waals surface area contributed by atoms with Crippen LogP contribution >= 0.6 is 11.3 Å². The Hall–Kier alpha value is -1.43. The van der Waals surface area contributed by atoms with Crippen molar-refractivity contribution in [3.8, 4) is 0 Å². The van der Waals surface area contributed by atoms with Crippen molar-refractivity contribution in [2.45, 2.75) is 27.7 Å².